The molecule has 104 valence electrons. The summed E-state index contributed by atoms with van der Waals surface area (Å²) < 4.78 is 0. The van der Waals surface area contributed by atoms with E-state index in [-0.39, 0.29) is 11.4 Å². The molecule has 2 rings (SSSR count). The molecule has 1 aromatic rings. The number of carbonyl (C=O) groups excluding carboxylic acids is 1. The first-order valence-corrected chi connectivity index (χ1v) is 8.19. The summed E-state index contributed by atoms with van der Waals surface area (Å²) in [6, 6.07) is 7.04. The summed E-state index contributed by atoms with van der Waals surface area (Å²) in [6.07, 6.45) is 4.43. The molecule has 0 atom stereocenters. The van der Waals surface area contributed by atoms with E-state index in [1.54, 1.807) is 24.3 Å². The fourth-order valence-electron chi connectivity index (χ4n) is 2.52. The van der Waals surface area contributed by atoms with Crippen molar-refractivity contribution in [3.05, 3.63) is 34.9 Å². The third-order valence-electron chi connectivity index (χ3n) is 3.97. The number of alkyl halides is 1. The van der Waals surface area contributed by atoms with Crippen LogP contribution >= 0.6 is 27.5 Å². The Labute approximate surface area is 128 Å². The van der Waals surface area contributed by atoms with Crippen LogP contribution in [-0.2, 0) is 0 Å². The van der Waals surface area contributed by atoms with Crippen molar-refractivity contribution in [3.63, 3.8) is 0 Å². The summed E-state index contributed by atoms with van der Waals surface area (Å²) in [5.74, 6) is 0.755. The van der Waals surface area contributed by atoms with Gasteiger partial charge in [0.05, 0.1) is 5.54 Å². The molecule has 1 saturated carbocycles. The van der Waals surface area contributed by atoms with Crippen molar-refractivity contribution in [2.24, 2.45) is 5.92 Å². The lowest BCUT2D eigenvalue weighted by molar-refractivity contribution is 0.0874. The lowest BCUT2D eigenvalue weighted by atomic mass is 9.78. The molecule has 0 saturated heterocycles. The molecule has 0 bridgehead atoms. The highest BCUT2D eigenvalue weighted by atomic mass is 79.9. The van der Waals surface area contributed by atoms with Crippen LogP contribution in [0.2, 0.25) is 5.02 Å². The topological polar surface area (TPSA) is 29.1 Å². The van der Waals surface area contributed by atoms with Gasteiger partial charge in [0.25, 0.3) is 5.91 Å². The first-order valence-electron chi connectivity index (χ1n) is 6.69. The van der Waals surface area contributed by atoms with Gasteiger partial charge in [-0.25, -0.2) is 0 Å². The highest BCUT2D eigenvalue weighted by Crippen LogP contribution is 2.33. The number of hydrogen-bond donors (Lipinski definition) is 1. The summed E-state index contributed by atoms with van der Waals surface area (Å²) in [5.41, 5.74) is 0.576. The molecule has 1 aliphatic carbocycles. The third kappa shape index (κ3) is 3.73. The standard InChI is InChI=1S/C15H19BrClNO/c1-11-6-8-15(10-16,9-7-11)18-14(19)12-2-4-13(17)5-3-12/h2-5,11H,6-10H2,1H3,(H,18,19). The van der Waals surface area contributed by atoms with E-state index in [0.717, 1.165) is 24.1 Å². The largest absolute Gasteiger partial charge is 0.346 e. The van der Waals surface area contributed by atoms with Crippen LogP contribution in [0, 0.1) is 5.92 Å². The molecule has 1 N–H and O–H groups in total. The Morgan fingerprint density at radius 3 is 2.47 bits per heavy atom. The van der Waals surface area contributed by atoms with Crippen LogP contribution in [0.15, 0.2) is 24.3 Å². The molecule has 19 heavy (non-hydrogen) atoms. The van der Waals surface area contributed by atoms with Gasteiger partial charge in [0, 0.05) is 15.9 Å². The van der Waals surface area contributed by atoms with E-state index in [1.165, 1.54) is 12.8 Å². The average molecular weight is 345 g/mol. The van der Waals surface area contributed by atoms with E-state index < -0.39 is 0 Å². The van der Waals surface area contributed by atoms with Gasteiger partial charge in [0.1, 0.15) is 0 Å². The zero-order valence-electron chi connectivity index (χ0n) is 11.1. The highest BCUT2D eigenvalue weighted by Gasteiger charge is 2.34. The van der Waals surface area contributed by atoms with Crippen molar-refractivity contribution in [1.29, 1.82) is 0 Å². The molecule has 0 radical (unpaired) electrons. The summed E-state index contributed by atoms with van der Waals surface area (Å²) >= 11 is 9.40. The predicted octanol–water partition coefficient (Wildman–Crippen LogP) is 4.41. The van der Waals surface area contributed by atoms with Gasteiger partial charge < -0.3 is 5.32 Å². The molecule has 1 aliphatic rings. The van der Waals surface area contributed by atoms with Crippen LogP contribution in [0.25, 0.3) is 0 Å². The summed E-state index contributed by atoms with van der Waals surface area (Å²) in [6.45, 7) is 2.28. The average Bonchev–Trinajstić information content (AvgIpc) is 2.42. The molecule has 1 amide bonds. The van der Waals surface area contributed by atoms with Crippen LogP contribution in [0.3, 0.4) is 0 Å². The van der Waals surface area contributed by atoms with E-state index in [9.17, 15) is 4.79 Å². The van der Waals surface area contributed by atoms with Gasteiger partial charge in [0.2, 0.25) is 0 Å². The zero-order valence-corrected chi connectivity index (χ0v) is 13.4. The molecule has 0 unspecified atom stereocenters. The Bertz CT molecular complexity index is 438. The maximum Gasteiger partial charge on any atom is 0.251 e. The van der Waals surface area contributed by atoms with Crippen molar-refractivity contribution >= 4 is 33.4 Å². The van der Waals surface area contributed by atoms with E-state index >= 15 is 0 Å². The van der Waals surface area contributed by atoms with Gasteiger partial charge in [-0.15, -0.1) is 0 Å². The van der Waals surface area contributed by atoms with Gasteiger partial charge in [-0.3, -0.25) is 4.79 Å². The smallest absolute Gasteiger partial charge is 0.251 e. The van der Waals surface area contributed by atoms with Gasteiger partial charge in [-0.1, -0.05) is 34.5 Å². The Hall–Kier alpha value is -0.540. The lowest BCUT2D eigenvalue weighted by Crippen LogP contribution is -2.52. The monoisotopic (exact) mass is 343 g/mol. The number of halogens is 2. The Morgan fingerprint density at radius 2 is 1.95 bits per heavy atom. The Balaban J connectivity index is 2.06. The fraction of sp³-hybridized carbons (Fsp3) is 0.533. The summed E-state index contributed by atoms with van der Waals surface area (Å²) in [5, 5.41) is 4.67. The minimum atomic E-state index is -0.0940. The minimum absolute atomic E-state index is 0.00864. The number of hydrogen-bond acceptors (Lipinski definition) is 1. The maximum atomic E-state index is 12.3. The molecular weight excluding hydrogens is 326 g/mol. The van der Waals surface area contributed by atoms with Crippen molar-refractivity contribution in [2.75, 3.05) is 5.33 Å². The molecule has 0 aliphatic heterocycles. The minimum Gasteiger partial charge on any atom is -0.346 e. The van der Waals surface area contributed by atoms with Gasteiger partial charge in [-0.2, -0.15) is 0 Å². The van der Waals surface area contributed by atoms with Crippen molar-refractivity contribution in [1.82, 2.24) is 5.32 Å². The van der Waals surface area contributed by atoms with Crippen molar-refractivity contribution < 1.29 is 4.79 Å². The first kappa shape index (κ1) is 14.9. The maximum absolute atomic E-state index is 12.3. The van der Waals surface area contributed by atoms with Crippen LogP contribution in [-0.4, -0.2) is 16.8 Å². The molecule has 2 nitrogen and oxygen atoms in total. The number of nitrogens with one attached hydrogen (secondary N) is 1. The number of amides is 1. The quantitative estimate of drug-likeness (QED) is 0.808. The molecule has 1 fully saturated rings. The summed E-state index contributed by atoms with van der Waals surface area (Å²) in [4.78, 5) is 12.3. The predicted molar refractivity (Wildman–Crippen MR) is 83.1 cm³/mol. The molecule has 0 aromatic heterocycles. The molecular formula is C15H19BrClNO. The second-order valence-electron chi connectivity index (χ2n) is 5.56. The number of benzene rings is 1. The summed E-state index contributed by atoms with van der Waals surface area (Å²) in [7, 11) is 0. The molecule has 1 aromatic carbocycles. The normalized spacial score (nSPS) is 27.0. The third-order valence-corrected chi connectivity index (χ3v) is 5.30. The van der Waals surface area contributed by atoms with E-state index in [0.29, 0.717) is 10.6 Å². The highest BCUT2D eigenvalue weighted by molar-refractivity contribution is 9.09. The SMILES string of the molecule is CC1CCC(CBr)(NC(=O)c2ccc(Cl)cc2)CC1. The number of carbonyl (C=O) groups is 1. The first-order chi connectivity index (χ1) is 9.04. The van der Waals surface area contributed by atoms with Crippen LogP contribution in [0.5, 0.6) is 0 Å². The Kier molecular flexibility index (Phi) is 4.91. The zero-order chi connectivity index (χ0) is 13.9. The fourth-order valence-corrected chi connectivity index (χ4v) is 3.35. The van der Waals surface area contributed by atoms with E-state index in [2.05, 4.69) is 28.2 Å². The molecule has 0 heterocycles. The molecule has 0 spiro atoms. The molecule has 4 heteroatoms. The Morgan fingerprint density at radius 1 is 1.37 bits per heavy atom. The van der Waals surface area contributed by atoms with E-state index in [4.69, 9.17) is 11.6 Å². The van der Waals surface area contributed by atoms with Gasteiger partial charge >= 0.3 is 0 Å². The van der Waals surface area contributed by atoms with Crippen LogP contribution in [0.1, 0.15) is 43.0 Å². The van der Waals surface area contributed by atoms with Crippen molar-refractivity contribution in [2.45, 2.75) is 38.1 Å². The number of rotatable bonds is 3. The van der Waals surface area contributed by atoms with E-state index in [1.807, 2.05) is 0 Å². The second-order valence-corrected chi connectivity index (χ2v) is 6.55. The van der Waals surface area contributed by atoms with Crippen LogP contribution in [0.4, 0.5) is 0 Å². The van der Waals surface area contributed by atoms with Crippen molar-refractivity contribution in [3.8, 4) is 0 Å². The second kappa shape index (κ2) is 6.27. The van der Waals surface area contributed by atoms with Gasteiger partial charge in [-0.05, 0) is 55.9 Å². The van der Waals surface area contributed by atoms with Crippen LogP contribution < -0.4 is 5.32 Å². The van der Waals surface area contributed by atoms with Gasteiger partial charge in [0.15, 0.2) is 0 Å². The lowest BCUT2D eigenvalue weighted by Gasteiger charge is -2.39.